The Balaban J connectivity index is 2.06. The molecule has 1 aromatic rings. The number of carbonyl (C=O) groups excluding carboxylic acids is 1. The first-order valence-electron chi connectivity index (χ1n) is 6.89. The van der Waals surface area contributed by atoms with Crippen molar-refractivity contribution in [1.29, 1.82) is 0 Å². The Morgan fingerprint density at radius 1 is 1.32 bits per heavy atom. The highest BCUT2D eigenvalue weighted by Gasteiger charge is 2.14. The quantitative estimate of drug-likeness (QED) is 0.793. The molecule has 4 heteroatoms. The highest BCUT2D eigenvalue weighted by Crippen LogP contribution is 2.29. The summed E-state index contributed by atoms with van der Waals surface area (Å²) in [6.45, 7) is 4.50. The number of ether oxygens (including phenoxy) is 1. The number of nitrogens with zero attached hydrogens (tertiary/aromatic N) is 1. The summed E-state index contributed by atoms with van der Waals surface area (Å²) < 4.78 is 6.03. The van der Waals surface area contributed by atoms with E-state index in [1.54, 1.807) is 0 Å². The van der Waals surface area contributed by atoms with Gasteiger partial charge in [0.25, 0.3) is 0 Å². The SMILES string of the molecule is CCOC(=O)Cc1ccc(N2CCCCC2)c(Br)c1. The van der Waals surface area contributed by atoms with Gasteiger partial charge in [-0.1, -0.05) is 6.07 Å². The molecule has 0 amide bonds. The molecule has 0 bridgehead atoms. The van der Waals surface area contributed by atoms with Gasteiger partial charge in [0.15, 0.2) is 0 Å². The summed E-state index contributed by atoms with van der Waals surface area (Å²) in [6, 6.07) is 6.15. The van der Waals surface area contributed by atoms with E-state index in [1.807, 2.05) is 19.1 Å². The van der Waals surface area contributed by atoms with Crippen molar-refractivity contribution >= 4 is 27.6 Å². The van der Waals surface area contributed by atoms with Gasteiger partial charge in [0.05, 0.1) is 18.7 Å². The lowest BCUT2D eigenvalue weighted by atomic mass is 10.1. The van der Waals surface area contributed by atoms with Crippen LogP contribution in [0.4, 0.5) is 5.69 Å². The normalized spacial score (nSPS) is 15.4. The van der Waals surface area contributed by atoms with Crippen LogP contribution < -0.4 is 4.90 Å². The molecule has 0 aromatic heterocycles. The first-order valence-corrected chi connectivity index (χ1v) is 7.69. The van der Waals surface area contributed by atoms with Crippen LogP contribution in [0.1, 0.15) is 31.7 Å². The van der Waals surface area contributed by atoms with Crippen LogP contribution in [0.15, 0.2) is 22.7 Å². The molecule has 1 aliphatic rings. The van der Waals surface area contributed by atoms with E-state index >= 15 is 0 Å². The van der Waals surface area contributed by atoms with Crippen molar-refractivity contribution in [2.24, 2.45) is 0 Å². The molecule has 0 spiro atoms. The molecule has 1 saturated heterocycles. The molecule has 0 aliphatic carbocycles. The molecule has 1 aromatic carbocycles. The number of rotatable bonds is 4. The van der Waals surface area contributed by atoms with Crippen LogP contribution in [-0.2, 0) is 16.0 Å². The highest BCUT2D eigenvalue weighted by molar-refractivity contribution is 9.10. The first kappa shape index (κ1) is 14.4. The van der Waals surface area contributed by atoms with Gasteiger partial charge in [0.2, 0.25) is 0 Å². The number of esters is 1. The van der Waals surface area contributed by atoms with E-state index in [4.69, 9.17) is 4.74 Å². The van der Waals surface area contributed by atoms with E-state index in [1.165, 1.54) is 24.9 Å². The summed E-state index contributed by atoms with van der Waals surface area (Å²) in [5.74, 6) is -0.167. The minimum Gasteiger partial charge on any atom is -0.466 e. The molecule has 0 atom stereocenters. The molecule has 19 heavy (non-hydrogen) atoms. The third-order valence-corrected chi connectivity index (χ3v) is 4.00. The lowest BCUT2D eigenvalue weighted by Gasteiger charge is -2.29. The fraction of sp³-hybridized carbons (Fsp3) is 0.533. The van der Waals surface area contributed by atoms with Crippen LogP contribution in [0.2, 0.25) is 0 Å². The van der Waals surface area contributed by atoms with Crippen LogP contribution in [0.5, 0.6) is 0 Å². The molecule has 104 valence electrons. The second-order valence-corrected chi connectivity index (χ2v) is 5.67. The maximum atomic E-state index is 11.5. The molecule has 1 fully saturated rings. The number of hydrogen-bond acceptors (Lipinski definition) is 3. The minimum atomic E-state index is -0.167. The molecule has 1 heterocycles. The first-order chi connectivity index (χ1) is 9.20. The Kier molecular flexibility index (Phi) is 5.25. The summed E-state index contributed by atoms with van der Waals surface area (Å²) >= 11 is 3.62. The predicted molar refractivity (Wildman–Crippen MR) is 80.5 cm³/mol. The number of halogens is 1. The minimum absolute atomic E-state index is 0.167. The van der Waals surface area contributed by atoms with Crippen molar-refractivity contribution in [2.45, 2.75) is 32.6 Å². The van der Waals surface area contributed by atoms with Crippen LogP contribution >= 0.6 is 15.9 Å². The fourth-order valence-corrected chi connectivity index (χ4v) is 3.11. The van der Waals surface area contributed by atoms with Gasteiger partial charge in [-0.05, 0) is 59.8 Å². The molecule has 3 nitrogen and oxygen atoms in total. The van der Waals surface area contributed by atoms with Crippen molar-refractivity contribution < 1.29 is 9.53 Å². The van der Waals surface area contributed by atoms with E-state index in [-0.39, 0.29) is 5.97 Å². The highest BCUT2D eigenvalue weighted by atomic mass is 79.9. The maximum Gasteiger partial charge on any atom is 0.310 e. The Bertz CT molecular complexity index is 442. The van der Waals surface area contributed by atoms with Crippen molar-refractivity contribution in [3.8, 4) is 0 Å². The smallest absolute Gasteiger partial charge is 0.310 e. The summed E-state index contributed by atoms with van der Waals surface area (Å²) in [4.78, 5) is 13.9. The Hall–Kier alpha value is -1.03. The molecular weight excluding hydrogens is 306 g/mol. The zero-order chi connectivity index (χ0) is 13.7. The molecule has 1 aliphatic heterocycles. The van der Waals surface area contributed by atoms with Gasteiger partial charge in [0, 0.05) is 17.6 Å². The molecule has 0 radical (unpaired) electrons. The van der Waals surface area contributed by atoms with E-state index in [9.17, 15) is 4.79 Å². The van der Waals surface area contributed by atoms with Crippen LogP contribution in [0, 0.1) is 0 Å². The zero-order valence-corrected chi connectivity index (χ0v) is 12.9. The third kappa shape index (κ3) is 3.96. The Morgan fingerprint density at radius 3 is 2.68 bits per heavy atom. The number of piperidine rings is 1. The summed E-state index contributed by atoms with van der Waals surface area (Å²) in [6.07, 6.45) is 4.19. The molecule has 0 unspecified atom stereocenters. The average Bonchev–Trinajstić information content (AvgIpc) is 2.40. The number of anilines is 1. The van der Waals surface area contributed by atoms with E-state index in [2.05, 4.69) is 26.9 Å². The Morgan fingerprint density at radius 2 is 2.05 bits per heavy atom. The predicted octanol–water partition coefficient (Wildman–Crippen LogP) is 3.55. The molecule has 0 N–H and O–H groups in total. The van der Waals surface area contributed by atoms with Gasteiger partial charge < -0.3 is 9.64 Å². The van der Waals surface area contributed by atoms with E-state index in [0.29, 0.717) is 13.0 Å². The largest absolute Gasteiger partial charge is 0.466 e. The van der Waals surface area contributed by atoms with Crippen LogP contribution in [0.3, 0.4) is 0 Å². The third-order valence-electron chi connectivity index (χ3n) is 3.36. The van der Waals surface area contributed by atoms with Crippen LogP contribution in [-0.4, -0.2) is 25.7 Å². The average molecular weight is 326 g/mol. The molecule has 0 saturated carbocycles. The molecule has 2 rings (SSSR count). The maximum absolute atomic E-state index is 11.5. The second kappa shape index (κ2) is 6.94. The van der Waals surface area contributed by atoms with Gasteiger partial charge in [0.1, 0.15) is 0 Å². The van der Waals surface area contributed by atoms with Crippen molar-refractivity contribution in [3.05, 3.63) is 28.2 Å². The molecular formula is C15H20BrNO2. The van der Waals surface area contributed by atoms with Gasteiger partial charge in [-0.3, -0.25) is 4.79 Å². The monoisotopic (exact) mass is 325 g/mol. The fourth-order valence-electron chi connectivity index (χ4n) is 2.43. The lowest BCUT2D eigenvalue weighted by Crippen LogP contribution is -2.29. The number of carbonyl (C=O) groups is 1. The van der Waals surface area contributed by atoms with Crippen molar-refractivity contribution in [1.82, 2.24) is 0 Å². The topological polar surface area (TPSA) is 29.5 Å². The number of benzene rings is 1. The standard InChI is InChI=1S/C15H20BrNO2/c1-2-19-15(18)11-12-6-7-14(13(16)10-12)17-8-4-3-5-9-17/h6-7,10H,2-5,8-9,11H2,1H3. The van der Waals surface area contributed by atoms with Gasteiger partial charge in [-0.25, -0.2) is 0 Å². The van der Waals surface area contributed by atoms with Crippen molar-refractivity contribution in [2.75, 3.05) is 24.6 Å². The van der Waals surface area contributed by atoms with E-state index in [0.717, 1.165) is 23.1 Å². The van der Waals surface area contributed by atoms with Gasteiger partial charge in [-0.2, -0.15) is 0 Å². The van der Waals surface area contributed by atoms with Crippen molar-refractivity contribution in [3.63, 3.8) is 0 Å². The van der Waals surface area contributed by atoms with Gasteiger partial charge >= 0.3 is 5.97 Å². The van der Waals surface area contributed by atoms with E-state index < -0.39 is 0 Å². The second-order valence-electron chi connectivity index (χ2n) is 4.82. The van der Waals surface area contributed by atoms with Crippen LogP contribution in [0.25, 0.3) is 0 Å². The summed E-state index contributed by atoms with van der Waals surface area (Å²) in [5.41, 5.74) is 2.22. The number of hydrogen-bond donors (Lipinski definition) is 0. The van der Waals surface area contributed by atoms with Gasteiger partial charge in [-0.15, -0.1) is 0 Å². The zero-order valence-electron chi connectivity index (χ0n) is 11.3. The summed E-state index contributed by atoms with van der Waals surface area (Å²) in [5, 5.41) is 0. The lowest BCUT2D eigenvalue weighted by molar-refractivity contribution is -0.142. The Labute approximate surface area is 123 Å². The summed E-state index contributed by atoms with van der Waals surface area (Å²) in [7, 11) is 0.